The van der Waals surface area contributed by atoms with Crippen molar-refractivity contribution in [1.82, 2.24) is 10.2 Å². The van der Waals surface area contributed by atoms with Crippen LogP contribution in [0.5, 0.6) is 0 Å². The van der Waals surface area contributed by atoms with E-state index < -0.39 is 0 Å². The highest BCUT2D eigenvalue weighted by Crippen LogP contribution is 2.32. The molecular formula is C22H29N3O3. The maximum absolute atomic E-state index is 12.9. The van der Waals surface area contributed by atoms with E-state index in [4.69, 9.17) is 0 Å². The van der Waals surface area contributed by atoms with Gasteiger partial charge in [-0.3, -0.25) is 14.5 Å². The molecule has 2 atom stereocenters. The molecule has 1 aromatic carbocycles. The zero-order chi connectivity index (χ0) is 19.7. The number of carbonyl (C=O) groups is 3. The van der Waals surface area contributed by atoms with Crippen LogP contribution in [0.15, 0.2) is 18.2 Å². The summed E-state index contributed by atoms with van der Waals surface area (Å²) in [5, 5.41) is 5.89. The average molecular weight is 383 g/mol. The Morgan fingerprint density at radius 2 is 1.61 bits per heavy atom. The molecule has 1 aliphatic heterocycles. The average Bonchev–Trinajstić information content (AvgIpc) is 2.94. The Labute approximate surface area is 166 Å². The van der Waals surface area contributed by atoms with Crippen molar-refractivity contribution >= 4 is 23.5 Å². The summed E-state index contributed by atoms with van der Waals surface area (Å²) in [5.41, 5.74) is 1.40. The third kappa shape index (κ3) is 3.64. The Bertz CT molecular complexity index is 785. The molecule has 2 aliphatic carbocycles. The normalized spacial score (nSPS) is 25.5. The first-order valence-electron chi connectivity index (χ1n) is 10.6. The first-order valence-corrected chi connectivity index (χ1v) is 10.6. The molecule has 28 heavy (non-hydrogen) atoms. The fourth-order valence-corrected chi connectivity index (χ4v) is 4.87. The number of carbonyl (C=O) groups excluding carboxylic acids is 3. The number of hydrogen-bond donors (Lipinski definition) is 2. The maximum Gasteiger partial charge on any atom is 0.319 e. The lowest BCUT2D eigenvalue weighted by Gasteiger charge is -2.29. The van der Waals surface area contributed by atoms with Crippen molar-refractivity contribution in [3.63, 3.8) is 0 Å². The van der Waals surface area contributed by atoms with Gasteiger partial charge in [0, 0.05) is 17.8 Å². The summed E-state index contributed by atoms with van der Waals surface area (Å²) in [6.07, 6.45) is 9.57. The second-order valence-electron chi connectivity index (χ2n) is 8.50. The van der Waals surface area contributed by atoms with E-state index in [0.29, 0.717) is 22.7 Å². The summed E-state index contributed by atoms with van der Waals surface area (Å²) in [5.74, 6) is 0.0542. The van der Waals surface area contributed by atoms with E-state index in [-0.39, 0.29) is 29.9 Å². The van der Waals surface area contributed by atoms with Gasteiger partial charge in [-0.05, 0) is 49.8 Å². The number of nitrogens with zero attached hydrogens (tertiary/aromatic N) is 1. The molecule has 1 aromatic rings. The molecule has 3 aliphatic rings. The molecule has 2 saturated carbocycles. The van der Waals surface area contributed by atoms with Crippen molar-refractivity contribution < 1.29 is 14.4 Å². The number of urea groups is 1. The molecule has 0 radical (unpaired) electrons. The fourth-order valence-electron chi connectivity index (χ4n) is 4.87. The van der Waals surface area contributed by atoms with E-state index in [0.717, 1.165) is 44.9 Å². The molecule has 2 N–H and O–H groups in total. The lowest BCUT2D eigenvalue weighted by atomic mass is 9.86. The maximum atomic E-state index is 12.9. The lowest BCUT2D eigenvalue weighted by molar-refractivity contribution is 0.0549. The minimum atomic E-state index is -0.250. The zero-order valence-corrected chi connectivity index (χ0v) is 16.5. The fraction of sp³-hybridized carbons (Fsp3) is 0.591. The molecule has 0 aromatic heterocycles. The summed E-state index contributed by atoms with van der Waals surface area (Å²) in [6.45, 7) is 2.17. The van der Waals surface area contributed by atoms with Crippen molar-refractivity contribution in [2.45, 2.75) is 76.8 Å². The van der Waals surface area contributed by atoms with Crippen molar-refractivity contribution in [1.29, 1.82) is 0 Å². The van der Waals surface area contributed by atoms with Crippen LogP contribution in [0, 0.1) is 5.92 Å². The minimum absolute atomic E-state index is 0.00801. The Hall–Kier alpha value is -2.37. The molecular weight excluding hydrogens is 354 g/mol. The van der Waals surface area contributed by atoms with Crippen LogP contribution in [-0.4, -0.2) is 34.8 Å². The van der Waals surface area contributed by atoms with Crippen LogP contribution in [0.4, 0.5) is 10.5 Å². The number of hydrogen-bond acceptors (Lipinski definition) is 3. The first-order chi connectivity index (χ1) is 13.5. The van der Waals surface area contributed by atoms with Crippen molar-refractivity contribution in [3.05, 3.63) is 29.3 Å². The predicted molar refractivity (Wildman–Crippen MR) is 107 cm³/mol. The molecule has 2 unspecified atom stereocenters. The van der Waals surface area contributed by atoms with Gasteiger partial charge in [-0.15, -0.1) is 0 Å². The van der Waals surface area contributed by atoms with E-state index in [1.54, 1.807) is 18.2 Å². The van der Waals surface area contributed by atoms with Gasteiger partial charge < -0.3 is 10.6 Å². The van der Waals surface area contributed by atoms with E-state index in [1.807, 2.05) is 0 Å². The van der Waals surface area contributed by atoms with Gasteiger partial charge in [-0.1, -0.05) is 39.0 Å². The molecule has 6 heteroatoms. The topological polar surface area (TPSA) is 78.5 Å². The Balaban J connectivity index is 1.45. The predicted octanol–water partition coefficient (Wildman–Crippen LogP) is 4.32. The third-order valence-corrected chi connectivity index (χ3v) is 6.54. The SMILES string of the molecule is CC1CCCCC1NC(=O)Nc1ccc2c(c1)C(=O)N(C1CCCCC1)C2=O. The zero-order valence-electron chi connectivity index (χ0n) is 16.5. The molecule has 4 amide bonds. The van der Waals surface area contributed by atoms with Crippen LogP contribution in [0.2, 0.25) is 0 Å². The van der Waals surface area contributed by atoms with E-state index in [2.05, 4.69) is 17.6 Å². The monoisotopic (exact) mass is 383 g/mol. The summed E-state index contributed by atoms with van der Waals surface area (Å²) < 4.78 is 0. The number of anilines is 1. The largest absolute Gasteiger partial charge is 0.335 e. The number of rotatable bonds is 3. The number of fused-ring (bicyclic) bond motifs is 1. The molecule has 0 saturated heterocycles. The Morgan fingerprint density at radius 3 is 2.36 bits per heavy atom. The van der Waals surface area contributed by atoms with Crippen molar-refractivity contribution in [3.8, 4) is 0 Å². The summed E-state index contributed by atoms with van der Waals surface area (Å²) in [7, 11) is 0. The molecule has 0 spiro atoms. The third-order valence-electron chi connectivity index (χ3n) is 6.54. The molecule has 2 fully saturated rings. The number of amides is 4. The lowest BCUT2D eigenvalue weighted by Crippen LogP contribution is -2.43. The highest BCUT2D eigenvalue weighted by atomic mass is 16.2. The van der Waals surface area contributed by atoms with E-state index in [1.165, 1.54) is 17.7 Å². The molecule has 1 heterocycles. The Morgan fingerprint density at radius 1 is 0.929 bits per heavy atom. The minimum Gasteiger partial charge on any atom is -0.335 e. The van der Waals surface area contributed by atoms with E-state index in [9.17, 15) is 14.4 Å². The smallest absolute Gasteiger partial charge is 0.319 e. The van der Waals surface area contributed by atoms with Gasteiger partial charge >= 0.3 is 6.03 Å². The van der Waals surface area contributed by atoms with Crippen LogP contribution >= 0.6 is 0 Å². The Kier molecular flexibility index (Phi) is 5.38. The standard InChI is InChI=1S/C22H29N3O3/c1-14-7-5-6-10-19(14)24-22(28)23-15-11-12-17-18(13-15)21(27)25(20(17)26)16-8-3-2-4-9-16/h11-14,16,19H,2-10H2,1H3,(H2,23,24,28). The number of benzene rings is 1. The highest BCUT2D eigenvalue weighted by Gasteiger charge is 2.40. The summed E-state index contributed by atoms with van der Waals surface area (Å²) >= 11 is 0. The van der Waals surface area contributed by atoms with Gasteiger partial charge in [0.25, 0.3) is 11.8 Å². The van der Waals surface area contributed by atoms with Crippen LogP contribution in [-0.2, 0) is 0 Å². The van der Waals surface area contributed by atoms with Gasteiger partial charge in [0.15, 0.2) is 0 Å². The second kappa shape index (κ2) is 7.94. The second-order valence-corrected chi connectivity index (χ2v) is 8.50. The van der Waals surface area contributed by atoms with Crippen LogP contribution in [0.1, 0.15) is 85.4 Å². The van der Waals surface area contributed by atoms with Gasteiger partial charge in [0.1, 0.15) is 0 Å². The van der Waals surface area contributed by atoms with Gasteiger partial charge in [-0.2, -0.15) is 0 Å². The van der Waals surface area contributed by atoms with Gasteiger partial charge in [0.2, 0.25) is 0 Å². The van der Waals surface area contributed by atoms with Crippen molar-refractivity contribution in [2.24, 2.45) is 5.92 Å². The van der Waals surface area contributed by atoms with E-state index >= 15 is 0 Å². The quantitative estimate of drug-likeness (QED) is 0.763. The van der Waals surface area contributed by atoms with Gasteiger partial charge in [-0.25, -0.2) is 4.79 Å². The molecule has 0 bridgehead atoms. The summed E-state index contributed by atoms with van der Waals surface area (Å²) in [4.78, 5) is 39.5. The molecule has 4 rings (SSSR count). The van der Waals surface area contributed by atoms with Crippen LogP contribution in [0.25, 0.3) is 0 Å². The van der Waals surface area contributed by atoms with Crippen LogP contribution < -0.4 is 10.6 Å². The molecule has 150 valence electrons. The van der Waals surface area contributed by atoms with Gasteiger partial charge in [0.05, 0.1) is 11.1 Å². The number of imide groups is 1. The first kappa shape index (κ1) is 19.0. The highest BCUT2D eigenvalue weighted by molar-refractivity contribution is 6.22. The number of nitrogens with one attached hydrogen (secondary N) is 2. The summed E-state index contributed by atoms with van der Waals surface area (Å²) in [6, 6.07) is 4.96. The molecule has 6 nitrogen and oxygen atoms in total. The van der Waals surface area contributed by atoms with Crippen molar-refractivity contribution in [2.75, 3.05) is 5.32 Å². The van der Waals surface area contributed by atoms with Crippen LogP contribution in [0.3, 0.4) is 0 Å².